The molecule has 5 aromatic rings. The molecular formula is C35H30BrFN4O. The predicted molar refractivity (Wildman–Crippen MR) is 170 cm³/mol. The van der Waals surface area contributed by atoms with Crippen LogP contribution in [-0.2, 0) is 10.3 Å². The molecule has 6 rings (SSSR count). The van der Waals surface area contributed by atoms with E-state index in [0.29, 0.717) is 34.5 Å². The largest absolute Gasteiger partial charge is 0.378 e. The molecule has 42 heavy (non-hydrogen) atoms. The van der Waals surface area contributed by atoms with Gasteiger partial charge in [-0.15, -0.1) is 0 Å². The molecule has 0 unspecified atom stereocenters. The number of ether oxygens (including phenoxy) is 1. The number of rotatable bonds is 8. The first-order valence-electron chi connectivity index (χ1n) is 13.9. The molecule has 210 valence electrons. The molecule has 2 N–H and O–H groups in total. The Hall–Kier alpha value is -4.33. The zero-order chi connectivity index (χ0) is 28.9. The molecule has 1 fully saturated rings. The number of nitrogens with zero attached hydrogens (tertiary/aromatic N) is 2. The molecule has 0 atom stereocenters. The Morgan fingerprint density at radius 3 is 1.90 bits per heavy atom. The third-order valence-corrected chi connectivity index (χ3v) is 8.25. The van der Waals surface area contributed by atoms with Crippen LogP contribution in [-0.4, -0.2) is 37.0 Å². The van der Waals surface area contributed by atoms with Gasteiger partial charge in [-0.2, -0.15) is 0 Å². The summed E-state index contributed by atoms with van der Waals surface area (Å²) in [4.78, 5) is 6.72. The summed E-state index contributed by atoms with van der Waals surface area (Å²) >= 11 is 3.38. The molecule has 5 nitrogen and oxygen atoms in total. The highest BCUT2D eigenvalue weighted by Gasteiger charge is 2.37. The highest BCUT2D eigenvalue weighted by Crippen LogP contribution is 2.41. The molecule has 0 saturated carbocycles. The van der Waals surface area contributed by atoms with E-state index in [4.69, 9.17) is 4.74 Å². The average molecular weight is 622 g/mol. The van der Waals surface area contributed by atoms with Gasteiger partial charge < -0.3 is 15.0 Å². The van der Waals surface area contributed by atoms with Crippen molar-refractivity contribution in [2.24, 2.45) is 0 Å². The fourth-order valence-electron chi connectivity index (χ4n) is 5.53. The van der Waals surface area contributed by atoms with Crippen LogP contribution in [0.5, 0.6) is 0 Å². The summed E-state index contributed by atoms with van der Waals surface area (Å²) in [7, 11) is 0. The van der Waals surface area contributed by atoms with Crippen molar-refractivity contribution in [1.29, 1.82) is 5.41 Å². The van der Waals surface area contributed by atoms with E-state index < -0.39 is 11.4 Å². The number of morpholine rings is 1. The van der Waals surface area contributed by atoms with E-state index >= 15 is 4.39 Å². The zero-order valence-electron chi connectivity index (χ0n) is 22.9. The Bertz CT molecular complexity index is 1580. The van der Waals surface area contributed by atoms with Gasteiger partial charge in [0.2, 0.25) is 0 Å². The normalized spacial score (nSPS) is 13.5. The average Bonchev–Trinajstić information content (AvgIpc) is 3.06. The number of pyridine rings is 1. The lowest BCUT2D eigenvalue weighted by Crippen LogP contribution is -2.38. The van der Waals surface area contributed by atoms with Crippen molar-refractivity contribution in [3.05, 3.63) is 160 Å². The molecule has 1 saturated heterocycles. The van der Waals surface area contributed by atoms with Crippen molar-refractivity contribution >= 4 is 33.1 Å². The van der Waals surface area contributed by atoms with E-state index in [-0.39, 0.29) is 5.71 Å². The lowest BCUT2D eigenvalue weighted by atomic mass is 9.76. The van der Waals surface area contributed by atoms with Crippen molar-refractivity contribution in [2.75, 3.05) is 36.5 Å². The van der Waals surface area contributed by atoms with Gasteiger partial charge in [0.05, 0.1) is 23.4 Å². The number of nitrogens with one attached hydrogen (secondary N) is 2. The minimum absolute atomic E-state index is 0.262. The van der Waals surface area contributed by atoms with E-state index in [1.807, 2.05) is 66.7 Å². The summed E-state index contributed by atoms with van der Waals surface area (Å²) in [6.45, 7) is 2.77. The van der Waals surface area contributed by atoms with Crippen LogP contribution in [0.2, 0.25) is 0 Å². The van der Waals surface area contributed by atoms with Gasteiger partial charge in [0.1, 0.15) is 17.2 Å². The Morgan fingerprint density at radius 2 is 1.36 bits per heavy atom. The van der Waals surface area contributed by atoms with Crippen molar-refractivity contribution < 1.29 is 9.13 Å². The lowest BCUT2D eigenvalue weighted by molar-refractivity contribution is 0.122. The second-order valence-electron chi connectivity index (χ2n) is 10.2. The van der Waals surface area contributed by atoms with Crippen LogP contribution >= 0.6 is 15.9 Å². The molecule has 1 aliphatic heterocycles. The topological polar surface area (TPSA) is 61.2 Å². The van der Waals surface area contributed by atoms with Crippen molar-refractivity contribution in [3.63, 3.8) is 0 Å². The van der Waals surface area contributed by atoms with Gasteiger partial charge in [0.25, 0.3) is 0 Å². The number of anilines is 2. The number of hydrogen-bond acceptors (Lipinski definition) is 5. The fraction of sp³-hybridized carbons (Fsp3) is 0.143. The number of halogens is 2. The van der Waals surface area contributed by atoms with E-state index in [1.54, 1.807) is 12.3 Å². The van der Waals surface area contributed by atoms with Gasteiger partial charge in [-0.25, -0.2) is 9.37 Å². The molecular weight excluding hydrogens is 591 g/mol. The predicted octanol–water partition coefficient (Wildman–Crippen LogP) is 7.64. The number of benzene rings is 4. The minimum atomic E-state index is -0.879. The molecule has 1 aromatic heterocycles. The summed E-state index contributed by atoms with van der Waals surface area (Å²) in [5.41, 5.74) is 4.11. The van der Waals surface area contributed by atoms with Gasteiger partial charge in [-0.1, -0.05) is 91.0 Å². The molecule has 1 aliphatic rings. The molecule has 0 radical (unpaired) electrons. The quantitative estimate of drug-likeness (QED) is 0.138. The van der Waals surface area contributed by atoms with Crippen LogP contribution in [0.4, 0.5) is 15.9 Å². The third kappa shape index (κ3) is 5.45. The van der Waals surface area contributed by atoms with E-state index in [1.165, 1.54) is 6.07 Å². The minimum Gasteiger partial charge on any atom is -0.378 e. The summed E-state index contributed by atoms with van der Waals surface area (Å²) < 4.78 is 21.1. The molecule has 0 bridgehead atoms. The SMILES string of the molecule is N=C(c1ccnc(N2CCOCC2)c1)c1cc(Br)c(F)cc1NC(c1ccccc1)(c1ccccc1)c1ccccc1. The molecule has 0 aliphatic carbocycles. The number of aromatic nitrogens is 1. The first-order chi connectivity index (χ1) is 20.6. The molecule has 0 spiro atoms. The Kier molecular flexibility index (Phi) is 8.13. The van der Waals surface area contributed by atoms with Gasteiger partial charge in [0.15, 0.2) is 0 Å². The van der Waals surface area contributed by atoms with Crippen LogP contribution in [0.15, 0.2) is 126 Å². The van der Waals surface area contributed by atoms with Crippen molar-refractivity contribution in [2.45, 2.75) is 5.54 Å². The maximum atomic E-state index is 15.3. The maximum absolute atomic E-state index is 15.3. The Labute approximate surface area is 253 Å². The highest BCUT2D eigenvalue weighted by molar-refractivity contribution is 9.10. The summed E-state index contributed by atoms with van der Waals surface area (Å²) in [5.74, 6) is 0.379. The fourth-order valence-corrected chi connectivity index (χ4v) is 5.88. The van der Waals surface area contributed by atoms with Gasteiger partial charge in [0, 0.05) is 36.1 Å². The zero-order valence-corrected chi connectivity index (χ0v) is 24.5. The second kappa shape index (κ2) is 12.3. The summed E-state index contributed by atoms with van der Waals surface area (Å²) in [6.07, 6.45) is 1.72. The molecule has 4 aromatic carbocycles. The van der Waals surface area contributed by atoms with Gasteiger partial charge in [-0.3, -0.25) is 5.41 Å². The van der Waals surface area contributed by atoms with Gasteiger partial charge in [-0.05, 0) is 56.9 Å². The van der Waals surface area contributed by atoms with Gasteiger partial charge >= 0.3 is 0 Å². The molecule has 0 amide bonds. The first-order valence-corrected chi connectivity index (χ1v) is 14.7. The Morgan fingerprint density at radius 1 is 0.810 bits per heavy atom. The first kappa shape index (κ1) is 27.8. The number of hydrogen-bond donors (Lipinski definition) is 2. The van der Waals surface area contributed by atoms with Crippen LogP contribution in [0.1, 0.15) is 27.8 Å². The molecule has 7 heteroatoms. The van der Waals surface area contributed by atoms with Crippen LogP contribution in [0.25, 0.3) is 0 Å². The van der Waals surface area contributed by atoms with E-state index in [0.717, 1.165) is 35.6 Å². The second-order valence-corrected chi connectivity index (χ2v) is 11.0. The summed E-state index contributed by atoms with van der Waals surface area (Å²) in [6, 6.07) is 37.3. The summed E-state index contributed by atoms with van der Waals surface area (Å²) in [5, 5.41) is 13.1. The van der Waals surface area contributed by atoms with Crippen LogP contribution in [0, 0.1) is 11.2 Å². The monoisotopic (exact) mass is 620 g/mol. The smallest absolute Gasteiger partial charge is 0.139 e. The van der Waals surface area contributed by atoms with E-state index in [9.17, 15) is 5.41 Å². The Balaban J connectivity index is 1.52. The van der Waals surface area contributed by atoms with Crippen LogP contribution < -0.4 is 10.2 Å². The van der Waals surface area contributed by atoms with Crippen molar-refractivity contribution in [3.8, 4) is 0 Å². The van der Waals surface area contributed by atoms with E-state index in [2.05, 4.69) is 67.5 Å². The molecule has 2 heterocycles. The lowest BCUT2D eigenvalue weighted by Gasteiger charge is -2.38. The maximum Gasteiger partial charge on any atom is 0.139 e. The third-order valence-electron chi connectivity index (χ3n) is 7.64. The highest BCUT2D eigenvalue weighted by atomic mass is 79.9. The van der Waals surface area contributed by atoms with Crippen LogP contribution in [0.3, 0.4) is 0 Å². The van der Waals surface area contributed by atoms with Crippen molar-refractivity contribution in [1.82, 2.24) is 4.98 Å². The standard InChI is InChI=1S/C35H30BrFN4O/c36-30-23-29(34(38)25-16-17-39-33(22-25)41-18-20-42-21-19-41)32(24-31(30)37)40-35(26-10-4-1-5-11-26,27-12-6-2-7-13-27)28-14-8-3-9-15-28/h1-17,22-24,38,40H,18-21H2.